The second kappa shape index (κ2) is 5.23. The van der Waals surface area contributed by atoms with E-state index in [9.17, 15) is 4.79 Å². The van der Waals surface area contributed by atoms with E-state index in [1.807, 2.05) is 32.0 Å². The first-order valence-corrected chi connectivity index (χ1v) is 6.64. The monoisotopic (exact) mass is 259 g/mol. The average Bonchev–Trinajstić information content (AvgIpc) is 2.36. The molecule has 18 heavy (non-hydrogen) atoms. The van der Waals surface area contributed by atoms with Gasteiger partial charge in [-0.3, -0.25) is 9.36 Å². The number of nitriles is 1. The largest absolute Gasteiger partial charge is 0.285 e. The van der Waals surface area contributed by atoms with Gasteiger partial charge in [-0.2, -0.15) is 5.26 Å². The molecule has 0 aliphatic carbocycles. The standard InChI is InChI=1S/C13H13N3OS/c1-9(2)16-12(17)10-5-3-4-6-11(10)15-13(16)18-8-7-14/h3-6,9H,8H2,1-2H3. The fraction of sp³-hybridized carbons (Fsp3) is 0.308. The first kappa shape index (κ1) is 12.7. The SMILES string of the molecule is CC(C)n1c(SCC#N)nc2ccccc2c1=O. The number of thioether (sulfide) groups is 1. The van der Waals surface area contributed by atoms with Crippen molar-refractivity contribution < 1.29 is 0 Å². The zero-order chi connectivity index (χ0) is 13.1. The molecule has 0 saturated carbocycles. The van der Waals surface area contributed by atoms with Crippen LogP contribution in [-0.2, 0) is 0 Å². The van der Waals surface area contributed by atoms with Gasteiger partial charge in [-0.05, 0) is 26.0 Å². The predicted molar refractivity (Wildman–Crippen MR) is 72.7 cm³/mol. The van der Waals surface area contributed by atoms with E-state index in [1.165, 1.54) is 11.8 Å². The first-order chi connectivity index (χ1) is 8.65. The van der Waals surface area contributed by atoms with Crippen molar-refractivity contribution in [3.63, 3.8) is 0 Å². The van der Waals surface area contributed by atoms with Crippen LogP contribution in [0.15, 0.2) is 34.2 Å². The number of fused-ring (bicyclic) bond motifs is 1. The molecule has 1 heterocycles. The number of benzene rings is 1. The molecular weight excluding hydrogens is 246 g/mol. The summed E-state index contributed by atoms with van der Waals surface area (Å²) in [7, 11) is 0. The molecule has 0 spiro atoms. The number of para-hydroxylation sites is 1. The highest BCUT2D eigenvalue weighted by Crippen LogP contribution is 2.20. The summed E-state index contributed by atoms with van der Waals surface area (Å²) in [5.41, 5.74) is 0.635. The minimum atomic E-state index is -0.0453. The van der Waals surface area contributed by atoms with Crippen molar-refractivity contribution in [3.05, 3.63) is 34.6 Å². The summed E-state index contributed by atoms with van der Waals surface area (Å²) in [4.78, 5) is 16.9. The quantitative estimate of drug-likeness (QED) is 0.628. The van der Waals surface area contributed by atoms with E-state index in [-0.39, 0.29) is 17.4 Å². The Kier molecular flexibility index (Phi) is 3.68. The van der Waals surface area contributed by atoms with Crippen LogP contribution in [0.5, 0.6) is 0 Å². The maximum atomic E-state index is 12.4. The fourth-order valence-corrected chi connectivity index (χ4v) is 2.57. The molecule has 0 N–H and O–H groups in total. The molecule has 2 rings (SSSR count). The Labute approximate surface area is 109 Å². The van der Waals surface area contributed by atoms with Gasteiger partial charge in [-0.25, -0.2) is 4.98 Å². The van der Waals surface area contributed by atoms with E-state index in [0.29, 0.717) is 16.1 Å². The summed E-state index contributed by atoms with van der Waals surface area (Å²) >= 11 is 1.30. The highest BCUT2D eigenvalue weighted by molar-refractivity contribution is 7.99. The lowest BCUT2D eigenvalue weighted by atomic mass is 10.2. The van der Waals surface area contributed by atoms with Gasteiger partial charge in [0.2, 0.25) is 0 Å². The van der Waals surface area contributed by atoms with Crippen LogP contribution in [0.4, 0.5) is 0 Å². The lowest BCUT2D eigenvalue weighted by Crippen LogP contribution is -2.25. The maximum Gasteiger partial charge on any atom is 0.262 e. The molecule has 0 amide bonds. The molecule has 0 unspecified atom stereocenters. The Balaban J connectivity index is 2.72. The van der Waals surface area contributed by atoms with Gasteiger partial charge in [0.15, 0.2) is 5.16 Å². The van der Waals surface area contributed by atoms with Crippen molar-refractivity contribution in [3.8, 4) is 6.07 Å². The number of hydrogen-bond donors (Lipinski definition) is 0. The second-order valence-corrected chi connectivity index (χ2v) is 5.07. The summed E-state index contributed by atoms with van der Waals surface area (Å²) in [5.74, 6) is 0.289. The Morgan fingerprint density at radius 2 is 2.17 bits per heavy atom. The molecule has 1 aromatic heterocycles. The molecule has 1 aromatic carbocycles. The van der Waals surface area contributed by atoms with Gasteiger partial charge in [0, 0.05) is 6.04 Å². The van der Waals surface area contributed by atoms with Crippen molar-refractivity contribution >= 4 is 22.7 Å². The molecule has 0 atom stereocenters. The van der Waals surface area contributed by atoms with Gasteiger partial charge in [-0.15, -0.1) is 0 Å². The van der Waals surface area contributed by atoms with Crippen LogP contribution in [0, 0.1) is 11.3 Å². The zero-order valence-electron chi connectivity index (χ0n) is 10.3. The molecule has 4 nitrogen and oxygen atoms in total. The Bertz CT molecular complexity index is 670. The van der Waals surface area contributed by atoms with Gasteiger partial charge in [-0.1, -0.05) is 23.9 Å². The van der Waals surface area contributed by atoms with Crippen molar-refractivity contribution in [1.29, 1.82) is 5.26 Å². The van der Waals surface area contributed by atoms with Crippen molar-refractivity contribution in [1.82, 2.24) is 9.55 Å². The van der Waals surface area contributed by atoms with E-state index in [0.717, 1.165) is 0 Å². The number of rotatable bonds is 3. The molecule has 5 heteroatoms. The highest BCUT2D eigenvalue weighted by atomic mass is 32.2. The molecule has 0 fully saturated rings. The molecule has 0 bridgehead atoms. The van der Waals surface area contributed by atoms with Crippen LogP contribution in [0.1, 0.15) is 19.9 Å². The van der Waals surface area contributed by atoms with Crippen LogP contribution in [0.25, 0.3) is 10.9 Å². The van der Waals surface area contributed by atoms with Crippen LogP contribution in [0.2, 0.25) is 0 Å². The first-order valence-electron chi connectivity index (χ1n) is 5.66. The maximum absolute atomic E-state index is 12.4. The normalized spacial score (nSPS) is 10.8. The minimum absolute atomic E-state index is 0.0239. The molecule has 2 aromatic rings. The van der Waals surface area contributed by atoms with E-state index in [1.54, 1.807) is 10.6 Å². The lowest BCUT2D eigenvalue weighted by molar-refractivity contribution is 0.519. The average molecular weight is 259 g/mol. The second-order valence-electron chi connectivity index (χ2n) is 4.13. The van der Waals surface area contributed by atoms with Gasteiger partial charge in [0.1, 0.15) is 0 Å². The highest BCUT2D eigenvalue weighted by Gasteiger charge is 2.13. The summed E-state index contributed by atoms with van der Waals surface area (Å²) < 4.78 is 1.64. The van der Waals surface area contributed by atoms with Crippen molar-refractivity contribution in [2.75, 3.05) is 5.75 Å². The Morgan fingerprint density at radius 3 is 2.83 bits per heavy atom. The molecule has 0 radical (unpaired) electrons. The third-order valence-electron chi connectivity index (χ3n) is 2.56. The summed E-state index contributed by atoms with van der Waals surface area (Å²) in [6.45, 7) is 3.88. The summed E-state index contributed by atoms with van der Waals surface area (Å²) in [6, 6.07) is 9.36. The smallest absolute Gasteiger partial charge is 0.262 e. The molecule has 92 valence electrons. The molecular formula is C13H13N3OS. The zero-order valence-corrected chi connectivity index (χ0v) is 11.1. The van der Waals surface area contributed by atoms with Gasteiger partial charge in [0.05, 0.1) is 22.7 Å². The predicted octanol–water partition coefficient (Wildman–Crippen LogP) is 2.59. The van der Waals surface area contributed by atoms with Crippen LogP contribution in [0.3, 0.4) is 0 Å². The summed E-state index contributed by atoms with van der Waals surface area (Å²) in [5, 5.41) is 9.88. The number of nitrogens with zero attached hydrogens (tertiary/aromatic N) is 3. The Morgan fingerprint density at radius 1 is 1.44 bits per heavy atom. The van der Waals surface area contributed by atoms with Crippen molar-refractivity contribution in [2.45, 2.75) is 25.0 Å². The number of aromatic nitrogens is 2. The third-order valence-corrected chi connectivity index (χ3v) is 3.38. The Hall–Kier alpha value is -1.80. The fourth-order valence-electron chi connectivity index (χ4n) is 1.78. The van der Waals surface area contributed by atoms with Crippen LogP contribution >= 0.6 is 11.8 Å². The van der Waals surface area contributed by atoms with E-state index in [2.05, 4.69) is 11.1 Å². The van der Waals surface area contributed by atoms with Gasteiger partial charge < -0.3 is 0 Å². The molecule has 0 aliphatic rings. The van der Waals surface area contributed by atoms with E-state index < -0.39 is 0 Å². The molecule has 0 aliphatic heterocycles. The lowest BCUT2D eigenvalue weighted by Gasteiger charge is -2.15. The topological polar surface area (TPSA) is 58.7 Å². The summed E-state index contributed by atoms with van der Waals surface area (Å²) in [6.07, 6.45) is 0. The number of hydrogen-bond acceptors (Lipinski definition) is 4. The van der Waals surface area contributed by atoms with Crippen LogP contribution in [-0.4, -0.2) is 15.3 Å². The van der Waals surface area contributed by atoms with E-state index >= 15 is 0 Å². The van der Waals surface area contributed by atoms with Crippen LogP contribution < -0.4 is 5.56 Å². The molecule has 0 saturated heterocycles. The van der Waals surface area contributed by atoms with Crippen molar-refractivity contribution in [2.24, 2.45) is 0 Å². The third kappa shape index (κ3) is 2.24. The van der Waals surface area contributed by atoms with E-state index in [4.69, 9.17) is 5.26 Å². The van der Waals surface area contributed by atoms with Gasteiger partial charge >= 0.3 is 0 Å². The minimum Gasteiger partial charge on any atom is -0.285 e. The van der Waals surface area contributed by atoms with Gasteiger partial charge in [0.25, 0.3) is 5.56 Å².